The van der Waals surface area contributed by atoms with E-state index in [4.69, 9.17) is 24.7 Å². The molecule has 6 rings (SSSR count). The molecule has 350 valence electrons. The Balaban J connectivity index is 0.991. The molecule has 5 heterocycles. The number of nitrogens with zero attached hydrogens (tertiary/aromatic N) is 5. The fraction of sp³-hybridized carbons (Fsp3) is 0.600. The molecule has 3 aliphatic rings. The quantitative estimate of drug-likeness (QED) is 0.0488. The number of nitrogens with one attached hydrogen (secondary N) is 4. The Morgan fingerprint density at radius 1 is 0.969 bits per heavy atom. The Morgan fingerprint density at radius 2 is 1.70 bits per heavy atom. The minimum atomic E-state index is -1.50. The number of rotatable bonds is 20. The molecule has 0 unspecified atom stereocenters. The van der Waals surface area contributed by atoms with Gasteiger partial charge in [-0.2, -0.15) is 0 Å². The molecule has 0 aliphatic carbocycles. The smallest absolute Gasteiger partial charge is 0.252 e. The topological polar surface area (TPSA) is 344 Å². The van der Waals surface area contributed by atoms with Gasteiger partial charge in [0, 0.05) is 33.0 Å². The molecule has 24 heteroatoms. The number of hydrogen-bond donors (Lipinski definition) is 10. The number of anilines is 1. The van der Waals surface area contributed by atoms with Gasteiger partial charge in [0.05, 0.1) is 26.1 Å². The number of amides is 5. The monoisotopic (exact) mass is 900 g/mol. The maximum Gasteiger partial charge on any atom is 0.252 e. The molecule has 0 bridgehead atoms. The number of nitrogens with two attached hydrogens (primary N) is 1. The van der Waals surface area contributed by atoms with E-state index in [1.165, 1.54) is 36.0 Å². The lowest BCUT2D eigenvalue weighted by Crippen LogP contribution is -2.66. The number of carbonyl (C=O) groups is 5. The summed E-state index contributed by atoms with van der Waals surface area (Å²) >= 11 is 0. The summed E-state index contributed by atoms with van der Waals surface area (Å²) in [6.45, 7) is 2.10. The van der Waals surface area contributed by atoms with E-state index in [9.17, 15) is 49.5 Å². The van der Waals surface area contributed by atoms with Gasteiger partial charge in [0.1, 0.15) is 67.2 Å². The third kappa shape index (κ3) is 11.3. The SMILES string of the molecule is CC(=O)N[C@H]1[C@@H](OCc2ccccc2)O[C@H](CO)[C@@H](O)[C@@H]1O[C@H](C)C(=O)N1CCC[C@@H]1C(=O)N[C@H](CCC(=O)NCCNc1ncnc2c1ncn2[C@@H]1O[C@H](CO)[C@@H](O)[C@H]1O)C(N)=O. The highest BCUT2D eigenvalue weighted by Crippen LogP contribution is 2.32. The van der Waals surface area contributed by atoms with Crippen LogP contribution in [-0.4, -0.2) is 179 Å². The second kappa shape index (κ2) is 22.0. The first-order valence-electron chi connectivity index (χ1n) is 21.0. The van der Waals surface area contributed by atoms with Gasteiger partial charge in [0.25, 0.3) is 5.91 Å². The molecule has 64 heavy (non-hydrogen) atoms. The Kier molecular flexibility index (Phi) is 16.5. The number of hydrogen-bond acceptors (Lipinski definition) is 18. The molecular weight excluding hydrogens is 844 g/mol. The van der Waals surface area contributed by atoms with Gasteiger partial charge in [-0.05, 0) is 31.7 Å². The summed E-state index contributed by atoms with van der Waals surface area (Å²) in [5.74, 6) is -2.80. The van der Waals surface area contributed by atoms with Crippen LogP contribution < -0.4 is 27.0 Å². The number of primary amides is 1. The molecule has 0 spiro atoms. The number of aliphatic hydroxyl groups excluding tert-OH is 5. The van der Waals surface area contributed by atoms with Crippen molar-refractivity contribution in [1.29, 1.82) is 0 Å². The van der Waals surface area contributed by atoms with Crippen LogP contribution in [0.15, 0.2) is 43.0 Å². The minimum absolute atomic E-state index is 0.0618. The fourth-order valence-electron chi connectivity index (χ4n) is 7.92. The van der Waals surface area contributed by atoms with E-state index in [1.54, 1.807) is 0 Å². The second-order valence-corrected chi connectivity index (χ2v) is 15.7. The maximum atomic E-state index is 13.9. The van der Waals surface area contributed by atoms with E-state index in [0.29, 0.717) is 17.8 Å². The molecule has 1 aromatic carbocycles. The number of imidazole rings is 1. The largest absolute Gasteiger partial charge is 0.394 e. The zero-order chi connectivity index (χ0) is 46.1. The molecule has 11 N–H and O–H groups in total. The van der Waals surface area contributed by atoms with Crippen molar-refractivity contribution in [2.75, 3.05) is 38.2 Å². The molecule has 0 saturated carbocycles. The zero-order valence-corrected chi connectivity index (χ0v) is 35.3. The van der Waals surface area contributed by atoms with Crippen LogP contribution in [0.4, 0.5) is 5.82 Å². The van der Waals surface area contributed by atoms with Gasteiger partial charge >= 0.3 is 0 Å². The molecule has 3 fully saturated rings. The van der Waals surface area contributed by atoms with Crippen molar-refractivity contribution in [3.63, 3.8) is 0 Å². The third-order valence-corrected chi connectivity index (χ3v) is 11.2. The van der Waals surface area contributed by atoms with E-state index in [1.807, 2.05) is 30.3 Å². The van der Waals surface area contributed by atoms with Crippen molar-refractivity contribution >= 4 is 46.5 Å². The van der Waals surface area contributed by atoms with Gasteiger partial charge in [-0.3, -0.25) is 28.5 Å². The van der Waals surface area contributed by atoms with Crippen LogP contribution in [-0.2, 0) is 49.5 Å². The van der Waals surface area contributed by atoms with Crippen molar-refractivity contribution in [1.82, 2.24) is 40.4 Å². The van der Waals surface area contributed by atoms with Crippen LogP contribution in [0, 0.1) is 0 Å². The molecule has 3 saturated heterocycles. The lowest BCUT2D eigenvalue weighted by Gasteiger charge is -2.45. The van der Waals surface area contributed by atoms with E-state index in [-0.39, 0.29) is 51.2 Å². The van der Waals surface area contributed by atoms with Gasteiger partial charge in [0.2, 0.25) is 23.6 Å². The predicted octanol–water partition coefficient (Wildman–Crippen LogP) is -3.72. The first-order valence-corrected chi connectivity index (χ1v) is 21.0. The Bertz CT molecular complexity index is 2080. The van der Waals surface area contributed by atoms with Crippen molar-refractivity contribution in [3.8, 4) is 0 Å². The molecule has 3 aliphatic heterocycles. The predicted molar refractivity (Wildman–Crippen MR) is 220 cm³/mol. The van der Waals surface area contributed by atoms with Crippen LogP contribution in [0.3, 0.4) is 0 Å². The summed E-state index contributed by atoms with van der Waals surface area (Å²) in [6.07, 6.45) is -8.14. The standard InChI is InChI=1S/C40H56N10O14/c1-20(62-33-28(47-21(2)53)40(64-26(16-52)31(33)56)61-17-22-7-4-3-5-8-22)38(60)49-14-6-9-24(49)37(59)48-23(34(41)58)10-11-27(54)42-12-13-43-35-29-36(45-18-44-35)50(19-46-29)39-32(57)30(55)25(15-51)63-39/h3-5,7-8,18-20,23-26,28,30-33,39-40,51-52,55-57H,6,9-17H2,1-2H3,(H2,41,58)(H,42,54)(H,47,53)(H,48,59)(H,43,44,45)/t20-,23-,24-,25-,26-,28-,30-,31-,32-,33-,39-,40+/m1/s1. The number of likely N-dealkylation sites (tertiary alicyclic amines) is 1. The van der Waals surface area contributed by atoms with E-state index >= 15 is 0 Å². The highest BCUT2D eigenvalue weighted by molar-refractivity contribution is 5.93. The zero-order valence-electron chi connectivity index (χ0n) is 35.3. The number of benzene rings is 1. The van der Waals surface area contributed by atoms with Crippen LogP contribution in [0.1, 0.15) is 51.3 Å². The summed E-state index contributed by atoms with van der Waals surface area (Å²) in [5.41, 5.74) is 7.01. The first-order chi connectivity index (χ1) is 30.7. The summed E-state index contributed by atoms with van der Waals surface area (Å²) < 4.78 is 24.9. The van der Waals surface area contributed by atoms with E-state index in [2.05, 4.69) is 36.2 Å². The Labute approximate surface area is 366 Å². The highest BCUT2D eigenvalue weighted by Gasteiger charge is 2.49. The highest BCUT2D eigenvalue weighted by atomic mass is 16.7. The second-order valence-electron chi connectivity index (χ2n) is 15.7. The van der Waals surface area contributed by atoms with E-state index in [0.717, 1.165) is 5.56 Å². The van der Waals surface area contributed by atoms with E-state index < -0.39 is 116 Å². The molecule has 24 nitrogen and oxygen atoms in total. The summed E-state index contributed by atoms with van der Waals surface area (Å²) in [6, 6.07) is 5.74. The third-order valence-electron chi connectivity index (χ3n) is 11.2. The number of ether oxygens (including phenoxy) is 4. The van der Waals surface area contributed by atoms with Gasteiger partial charge in [0.15, 0.2) is 29.5 Å². The number of aromatic nitrogens is 4. The lowest BCUT2D eigenvalue weighted by atomic mass is 9.96. The fourth-order valence-corrected chi connectivity index (χ4v) is 7.92. The average Bonchev–Trinajstić information content (AvgIpc) is 4.02. The molecule has 2 aromatic heterocycles. The van der Waals surface area contributed by atoms with Gasteiger partial charge in [-0.1, -0.05) is 30.3 Å². The summed E-state index contributed by atoms with van der Waals surface area (Å²) in [5, 5.41) is 62.2. The van der Waals surface area contributed by atoms with Crippen molar-refractivity contribution in [2.45, 2.75) is 120 Å². The minimum Gasteiger partial charge on any atom is -0.394 e. The average molecular weight is 901 g/mol. The first kappa shape index (κ1) is 48.0. The maximum absolute atomic E-state index is 13.9. The number of fused-ring (bicyclic) bond motifs is 1. The van der Waals surface area contributed by atoms with Gasteiger partial charge < -0.3 is 76.4 Å². The number of aliphatic hydroxyl groups is 5. The summed E-state index contributed by atoms with van der Waals surface area (Å²) in [4.78, 5) is 79.0. The van der Waals surface area contributed by atoms with Crippen molar-refractivity contribution < 1.29 is 68.5 Å². The summed E-state index contributed by atoms with van der Waals surface area (Å²) in [7, 11) is 0. The van der Waals surface area contributed by atoms with Crippen molar-refractivity contribution in [3.05, 3.63) is 48.5 Å². The van der Waals surface area contributed by atoms with Gasteiger partial charge in [-0.15, -0.1) is 0 Å². The van der Waals surface area contributed by atoms with Gasteiger partial charge in [-0.25, -0.2) is 15.0 Å². The molecular formula is C40H56N10O14. The Morgan fingerprint density at radius 3 is 2.39 bits per heavy atom. The number of carbonyl (C=O) groups excluding carboxylic acids is 5. The van der Waals surface area contributed by atoms with Crippen LogP contribution >= 0.6 is 0 Å². The molecule has 5 amide bonds. The lowest BCUT2D eigenvalue weighted by molar-refractivity contribution is -0.283. The Hall–Kier alpha value is -5.44. The normalized spacial score (nSPS) is 27.8. The van der Waals surface area contributed by atoms with Crippen LogP contribution in [0.5, 0.6) is 0 Å². The molecule has 0 radical (unpaired) electrons. The van der Waals surface area contributed by atoms with Crippen LogP contribution in [0.2, 0.25) is 0 Å². The molecule has 3 aromatic rings. The van der Waals surface area contributed by atoms with Crippen molar-refractivity contribution in [2.24, 2.45) is 5.73 Å². The molecule has 12 atom stereocenters. The van der Waals surface area contributed by atoms with Crippen LogP contribution in [0.25, 0.3) is 11.2 Å².